The van der Waals surface area contributed by atoms with Crippen LogP contribution in [-0.2, 0) is 7.05 Å². The van der Waals surface area contributed by atoms with Crippen molar-refractivity contribution in [2.24, 2.45) is 7.05 Å². The third-order valence-corrected chi connectivity index (χ3v) is 3.08. The summed E-state index contributed by atoms with van der Waals surface area (Å²) in [4.78, 5) is 8.57. The molecule has 0 aliphatic rings. The largest absolute Gasteiger partial charge is 0.378 e. The maximum Gasteiger partial charge on any atom is 0.0907 e. The van der Waals surface area contributed by atoms with E-state index in [1.807, 2.05) is 37.6 Å². The molecule has 0 fully saturated rings. The zero-order valence-corrected chi connectivity index (χ0v) is 10.9. The van der Waals surface area contributed by atoms with E-state index < -0.39 is 0 Å². The molecule has 0 spiro atoms. The van der Waals surface area contributed by atoms with Gasteiger partial charge in [0.15, 0.2) is 0 Å². The number of aromatic nitrogens is 4. The molecular weight excluding hydrogens is 238 g/mol. The van der Waals surface area contributed by atoms with Crippen LogP contribution in [0.4, 0.5) is 5.69 Å². The molecule has 0 aliphatic carbocycles. The molecule has 0 aliphatic heterocycles. The average molecular weight is 253 g/mol. The molecule has 0 bridgehead atoms. The average Bonchev–Trinajstić information content (AvgIpc) is 2.85. The van der Waals surface area contributed by atoms with Gasteiger partial charge in [-0.2, -0.15) is 5.10 Å². The Kier molecular flexibility index (Phi) is 2.87. The van der Waals surface area contributed by atoms with Gasteiger partial charge in [0.25, 0.3) is 0 Å². The van der Waals surface area contributed by atoms with E-state index in [2.05, 4.69) is 27.3 Å². The van der Waals surface area contributed by atoms with Crippen LogP contribution in [0.2, 0.25) is 0 Å². The van der Waals surface area contributed by atoms with Gasteiger partial charge in [0, 0.05) is 36.9 Å². The zero-order valence-electron chi connectivity index (χ0n) is 10.9. The Bertz CT molecular complexity index is 704. The quantitative estimate of drug-likeness (QED) is 0.779. The van der Waals surface area contributed by atoms with E-state index in [0.29, 0.717) is 0 Å². The highest BCUT2D eigenvalue weighted by atomic mass is 15.2. The first-order valence-corrected chi connectivity index (χ1v) is 6.18. The van der Waals surface area contributed by atoms with E-state index in [-0.39, 0.29) is 6.04 Å². The monoisotopic (exact) mass is 253 g/mol. The molecule has 3 rings (SSSR count). The van der Waals surface area contributed by atoms with Gasteiger partial charge < -0.3 is 5.32 Å². The second kappa shape index (κ2) is 4.68. The summed E-state index contributed by atoms with van der Waals surface area (Å²) in [6.07, 6.45) is 7.29. The fourth-order valence-electron chi connectivity index (χ4n) is 2.05. The third kappa shape index (κ3) is 2.40. The van der Waals surface area contributed by atoms with Gasteiger partial charge in [0.05, 0.1) is 23.3 Å². The van der Waals surface area contributed by atoms with E-state index in [4.69, 9.17) is 0 Å². The number of rotatable bonds is 3. The molecule has 1 N–H and O–H groups in total. The van der Waals surface area contributed by atoms with Gasteiger partial charge >= 0.3 is 0 Å². The van der Waals surface area contributed by atoms with Crippen molar-refractivity contribution in [1.82, 2.24) is 19.7 Å². The van der Waals surface area contributed by atoms with Crippen LogP contribution in [0.3, 0.4) is 0 Å². The van der Waals surface area contributed by atoms with E-state index >= 15 is 0 Å². The number of hydrogen-bond donors (Lipinski definition) is 1. The van der Waals surface area contributed by atoms with E-state index in [0.717, 1.165) is 22.3 Å². The van der Waals surface area contributed by atoms with Crippen LogP contribution in [0.5, 0.6) is 0 Å². The SMILES string of the molecule is CC(Nc1ccc2nccnc2c1)c1cnn(C)c1. The highest BCUT2D eigenvalue weighted by Crippen LogP contribution is 2.21. The van der Waals surface area contributed by atoms with Crippen LogP contribution in [0, 0.1) is 0 Å². The predicted molar refractivity (Wildman–Crippen MR) is 74.8 cm³/mol. The number of nitrogens with one attached hydrogen (secondary N) is 1. The lowest BCUT2D eigenvalue weighted by Gasteiger charge is -2.13. The molecule has 3 aromatic rings. The minimum atomic E-state index is 0.197. The maximum absolute atomic E-state index is 4.31. The molecule has 96 valence electrons. The molecule has 1 aromatic carbocycles. The molecule has 19 heavy (non-hydrogen) atoms. The molecule has 5 heteroatoms. The third-order valence-electron chi connectivity index (χ3n) is 3.08. The summed E-state index contributed by atoms with van der Waals surface area (Å²) in [5, 5.41) is 7.63. The van der Waals surface area contributed by atoms with Gasteiger partial charge in [0.2, 0.25) is 0 Å². The Morgan fingerprint density at radius 3 is 2.68 bits per heavy atom. The van der Waals surface area contributed by atoms with Crippen LogP contribution in [0.25, 0.3) is 11.0 Å². The Morgan fingerprint density at radius 1 is 1.16 bits per heavy atom. The number of nitrogens with zero attached hydrogens (tertiary/aromatic N) is 4. The first-order chi connectivity index (χ1) is 9.22. The minimum absolute atomic E-state index is 0.197. The fraction of sp³-hybridized carbons (Fsp3) is 0.214. The summed E-state index contributed by atoms with van der Waals surface area (Å²) in [5.74, 6) is 0. The Labute approximate surface area is 111 Å². The molecule has 0 amide bonds. The van der Waals surface area contributed by atoms with Gasteiger partial charge in [0.1, 0.15) is 0 Å². The van der Waals surface area contributed by atoms with E-state index in [9.17, 15) is 0 Å². The summed E-state index contributed by atoms with van der Waals surface area (Å²) in [6, 6.07) is 6.20. The van der Waals surface area contributed by atoms with Crippen molar-refractivity contribution in [2.45, 2.75) is 13.0 Å². The first kappa shape index (κ1) is 11.6. The van der Waals surface area contributed by atoms with Gasteiger partial charge in [-0.25, -0.2) is 0 Å². The molecule has 1 atom stereocenters. The van der Waals surface area contributed by atoms with Crippen LogP contribution in [-0.4, -0.2) is 19.7 Å². The Morgan fingerprint density at radius 2 is 1.95 bits per heavy atom. The molecule has 0 radical (unpaired) electrons. The molecule has 0 saturated carbocycles. The molecular formula is C14H15N5. The van der Waals surface area contributed by atoms with Crippen molar-refractivity contribution >= 4 is 16.7 Å². The van der Waals surface area contributed by atoms with Crippen molar-refractivity contribution in [2.75, 3.05) is 5.32 Å². The summed E-state index contributed by atoms with van der Waals surface area (Å²) in [7, 11) is 1.92. The Hall–Kier alpha value is -2.43. The van der Waals surface area contributed by atoms with Crippen LogP contribution < -0.4 is 5.32 Å². The smallest absolute Gasteiger partial charge is 0.0907 e. The van der Waals surface area contributed by atoms with Crippen molar-refractivity contribution in [3.05, 3.63) is 48.5 Å². The molecule has 5 nitrogen and oxygen atoms in total. The molecule has 1 unspecified atom stereocenters. The molecule has 0 saturated heterocycles. The van der Waals surface area contributed by atoms with Crippen molar-refractivity contribution in [1.29, 1.82) is 0 Å². The molecule has 2 heterocycles. The Balaban J connectivity index is 1.84. The second-order valence-electron chi connectivity index (χ2n) is 4.57. The number of anilines is 1. The highest BCUT2D eigenvalue weighted by molar-refractivity contribution is 5.78. The van der Waals surface area contributed by atoms with Crippen LogP contribution in [0.15, 0.2) is 43.0 Å². The van der Waals surface area contributed by atoms with E-state index in [1.54, 1.807) is 17.1 Å². The van der Waals surface area contributed by atoms with Crippen LogP contribution in [0.1, 0.15) is 18.5 Å². The normalized spacial score (nSPS) is 12.5. The van der Waals surface area contributed by atoms with E-state index in [1.165, 1.54) is 0 Å². The summed E-state index contributed by atoms with van der Waals surface area (Å²) in [5.41, 5.74) is 3.99. The maximum atomic E-state index is 4.31. The van der Waals surface area contributed by atoms with Gasteiger partial charge in [-0.1, -0.05) is 0 Å². The van der Waals surface area contributed by atoms with Crippen LogP contribution >= 0.6 is 0 Å². The first-order valence-electron chi connectivity index (χ1n) is 6.18. The van der Waals surface area contributed by atoms with Gasteiger partial charge in [-0.3, -0.25) is 14.6 Å². The predicted octanol–water partition coefficient (Wildman–Crippen LogP) is 2.54. The summed E-state index contributed by atoms with van der Waals surface area (Å²) in [6.45, 7) is 2.11. The number of hydrogen-bond acceptors (Lipinski definition) is 4. The highest BCUT2D eigenvalue weighted by Gasteiger charge is 2.07. The standard InChI is InChI=1S/C14H15N5/c1-10(11-8-17-19(2)9-11)18-12-3-4-13-14(7-12)16-6-5-15-13/h3-10,18H,1-2H3. The topological polar surface area (TPSA) is 55.6 Å². The van der Waals surface area contributed by atoms with Gasteiger partial charge in [-0.05, 0) is 25.1 Å². The summed E-state index contributed by atoms with van der Waals surface area (Å²) < 4.78 is 1.80. The number of aryl methyl sites for hydroxylation is 1. The lowest BCUT2D eigenvalue weighted by atomic mass is 10.1. The number of fused-ring (bicyclic) bond motifs is 1. The van der Waals surface area contributed by atoms with Crippen molar-refractivity contribution < 1.29 is 0 Å². The van der Waals surface area contributed by atoms with Gasteiger partial charge in [-0.15, -0.1) is 0 Å². The lowest BCUT2D eigenvalue weighted by molar-refractivity contribution is 0.765. The fourth-order valence-corrected chi connectivity index (χ4v) is 2.05. The summed E-state index contributed by atoms with van der Waals surface area (Å²) >= 11 is 0. The molecule has 2 aromatic heterocycles. The second-order valence-corrected chi connectivity index (χ2v) is 4.57. The van der Waals surface area contributed by atoms with Crippen molar-refractivity contribution in [3.8, 4) is 0 Å². The number of benzene rings is 1. The van der Waals surface area contributed by atoms with Crippen molar-refractivity contribution in [3.63, 3.8) is 0 Å². The minimum Gasteiger partial charge on any atom is -0.378 e. The lowest BCUT2D eigenvalue weighted by Crippen LogP contribution is -2.05. The zero-order chi connectivity index (χ0) is 13.2.